The summed E-state index contributed by atoms with van der Waals surface area (Å²) in [6.07, 6.45) is 8.27. The average molecular weight is 174 g/mol. The SMILES string of the molecule is [Na+].[O-]C(CCCO)=C1C=CC=C1. The molecule has 0 saturated carbocycles. The molecule has 0 radical (unpaired) electrons. The Labute approximate surface area is 94.6 Å². The van der Waals surface area contributed by atoms with Crippen LogP contribution in [0.25, 0.3) is 0 Å². The zero-order valence-corrected chi connectivity index (χ0v) is 9.29. The number of hydrogen-bond acceptors (Lipinski definition) is 2. The van der Waals surface area contributed by atoms with Gasteiger partial charge in [-0.25, -0.2) is 0 Å². The van der Waals surface area contributed by atoms with E-state index in [-0.39, 0.29) is 41.9 Å². The van der Waals surface area contributed by atoms with E-state index >= 15 is 0 Å². The molecule has 1 aliphatic rings. The Bertz CT molecular complexity index is 203. The molecule has 1 aliphatic carbocycles. The average Bonchev–Trinajstić information content (AvgIpc) is 2.52. The first kappa shape index (κ1) is 12.0. The fourth-order valence-corrected chi connectivity index (χ4v) is 0.944. The van der Waals surface area contributed by atoms with E-state index in [2.05, 4.69) is 0 Å². The molecule has 0 bridgehead atoms. The Morgan fingerprint density at radius 2 is 1.92 bits per heavy atom. The van der Waals surface area contributed by atoms with Crippen molar-refractivity contribution in [3.63, 3.8) is 0 Å². The van der Waals surface area contributed by atoms with Crippen LogP contribution >= 0.6 is 0 Å². The second-order valence-electron chi connectivity index (χ2n) is 2.42. The fraction of sp³-hybridized carbons (Fsp3) is 0.333. The molecule has 0 heterocycles. The van der Waals surface area contributed by atoms with E-state index in [1.54, 1.807) is 12.2 Å². The summed E-state index contributed by atoms with van der Waals surface area (Å²) >= 11 is 0. The molecule has 3 heteroatoms. The topological polar surface area (TPSA) is 43.3 Å². The van der Waals surface area contributed by atoms with Crippen molar-refractivity contribution in [1.82, 2.24) is 0 Å². The van der Waals surface area contributed by atoms with E-state index in [9.17, 15) is 5.11 Å². The third kappa shape index (κ3) is 3.59. The molecule has 0 unspecified atom stereocenters. The van der Waals surface area contributed by atoms with Crippen molar-refractivity contribution in [1.29, 1.82) is 0 Å². The zero-order chi connectivity index (χ0) is 8.10. The van der Waals surface area contributed by atoms with Crippen molar-refractivity contribution in [3.05, 3.63) is 35.6 Å². The van der Waals surface area contributed by atoms with E-state index in [4.69, 9.17) is 5.11 Å². The number of rotatable bonds is 3. The van der Waals surface area contributed by atoms with E-state index in [1.807, 2.05) is 12.2 Å². The summed E-state index contributed by atoms with van der Waals surface area (Å²) in [5.74, 6) is 0.115. The minimum absolute atomic E-state index is 0. The molecule has 2 nitrogen and oxygen atoms in total. The predicted octanol–water partition coefficient (Wildman–Crippen LogP) is -2.50. The van der Waals surface area contributed by atoms with Crippen molar-refractivity contribution in [3.8, 4) is 0 Å². The summed E-state index contributed by atoms with van der Waals surface area (Å²) in [5, 5.41) is 19.6. The number of aliphatic hydroxyl groups is 1. The Morgan fingerprint density at radius 3 is 2.42 bits per heavy atom. The van der Waals surface area contributed by atoms with Crippen LogP contribution in [0.15, 0.2) is 35.6 Å². The van der Waals surface area contributed by atoms with Gasteiger partial charge >= 0.3 is 29.6 Å². The number of aliphatic hydroxyl groups excluding tert-OH is 1. The molecular weight excluding hydrogens is 163 g/mol. The van der Waals surface area contributed by atoms with Crippen LogP contribution in [0.1, 0.15) is 12.8 Å². The minimum atomic E-state index is 0. The third-order valence-electron chi connectivity index (χ3n) is 1.55. The summed E-state index contributed by atoms with van der Waals surface area (Å²) < 4.78 is 0. The molecule has 12 heavy (non-hydrogen) atoms. The maximum absolute atomic E-state index is 11.2. The van der Waals surface area contributed by atoms with Gasteiger partial charge in [0, 0.05) is 6.61 Å². The van der Waals surface area contributed by atoms with Crippen LogP contribution in [0.2, 0.25) is 0 Å². The van der Waals surface area contributed by atoms with Gasteiger partial charge in [0.1, 0.15) is 0 Å². The molecule has 1 N–H and O–H groups in total. The van der Waals surface area contributed by atoms with Crippen molar-refractivity contribution in [2.45, 2.75) is 12.8 Å². The molecule has 0 atom stereocenters. The van der Waals surface area contributed by atoms with Crippen LogP contribution in [0, 0.1) is 0 Å². The van der Waals surface area contributed by atoms with Gasteiger partial charge in [-0.2, -0.15) is 0 Å². The fourth-order valence-electron chi connectivity index (χ4n) is 0.944. The summed E-state index contributed by atoms with van der Waals surface area (Å²) in [4.78, 5) is 0. The number of allylic oxidation sites excluding steroid dienone is 6. The first-order valence-corrected chi connectivity index (χ1v) is 3.70. The van der Waals surface area contributed by atoms with E-state index in [0.29, 0.717) is 12.8 Å². The molecule has 0 aromatic heterocycles. The largest absolute Gasteiger partial charge is 1.00 e. The second-order valence-corrected chi connectivity index (χ2v) is 2.42. The smallest absolute Gasteiger partial charge is 0.875 e. The molecular formula is C9H11NaO2. The Hall–Kier alpha value is -0.0200. The van der Waals surface area contributed by atoms with Crippen LogP contribution < -0.4 is 34.7 Å². The van der Waals surface area contributed by atoms with Crippen molar-refractivity contribution in [2.24, 2.45) is 0 Å². The van der Waals surface area contributed by atoms with Crippen LogP contribution in [0.3, 0.4) is 0 Å². The summed E-state index contributed by atoms with van der Waals surface area (Å²) in [5.41, 5.74) is 0.749. The van der Waals surface area contributed by atoms with Crippen molar-refractivity contribution >= 4 is 0 Å². The van der Waals surface area contributed by atoms with Crippen molar-refractivity contribution < 1.29 is 39.8 Å². The van der Waals surface area contributed by atoms with Crippen molar-refractivity contribution in [2.75, 3.05) is 6.61 Å². The Balaban J connectivity index is 0.00000121. The quantitative estimate of drug-likeness (QED) is 0.380. The van der Waals surface area contributed by atoms with Crippen LogP contribution in [-0.4, -0.2) is 11.7 Å². The monoisotopic (exact) mass is 174 g/mol. The van der Waals surface area contributed by atoms with Gasteiger partial charge in [0.05, 0.1) is 0 Å². The van der Waals surface area contributed by atoms with E-state index < -0.39 is 0 Å². The molecule has 0 amide bonds. The molecule has 0 fully saturated rings. The summed E-state index contributed by atoms with van der Waals surface area (Å²) in [6, 6.07) is 0. The van der Waals surface area contributed by atoms with Gasteiger partial charge < -0.3 is 10.2 Å². The molecule has 60 valence electrons. The molecule has 0 aliphatic heterocycles. The molecule has 0 saturated heterocycles. The molecule has 1 rings (SSSR count). The molecule has 0 aromatic rings. The van der Waals surface area contributed by atoms with Gasteiger partial charge in [0.25, 0.3) is 0 Å². The van der Waals surface area contributed by atoms with Gasteiger partial charge in [0.15, 0.2) is 0 Å². The van der Waals surface area contributed by atoms with Gasteiger partial charge in [-0.1, -0.05) is 24.3 Å². The van der Waals surface area contributed by atoms with Crippen LogP contribution in [0.4, 0.5) is 0 Å². The number of hydrogen-bond donors (Lipinski definition) is 1. The van der Waals surface area contributed by atoms with Gasteiger partial charge in [0.2, 0.25) is 0 Å². The zero-order valence-electron chi connectivity index (χ0n) is 7.29. The van der Waals surface area contributed by atoms with E-state index in [0.717, 1.165) is 5.57 Å². The Morgan fingerprint density at radius 1 is 1.33 bits per heavy atom. The standard InChI is InChI=1S/C9H12O2.Na/c10-7-3-6-9(11)8-4-1-2-5-8;/h1-2,4-5,10-11H,3,6-7H2;/q;+1/p-1. The van der Waals surface area contributed by atoms with Gasteiger partial charge in [-0.05, 0) is 18.4 Å². The first-order valence-electron chi connectivity index (χ1n) is 3.70. The van der Waals surface area contributed by atoms with Gasteiger partial charge in [-0.3, -0.25) is 0 Å². The van der Waals surface area contributed by atoms with E-state index in [1.165, 1.54) is 0 Å². The third-order valence-corrected chi connectivity index (χ3v) is 1.55. The Kier molecular flexibility index (Phi) is 6.48. The van der Waals surface area contributed by atoms with Crippen LogP contribution in [0.5, 0.6) is 0 Å². The maximum Gasteiger partial charge on any atom is 1.00 e. The first-order chi connectivity index (χ1) is 5.34. The summed E-state index contributed by atoms with van der Waals surface area (Å²) in [7, 11) is 0. The summed E-state index contributed by atoms with van der Waals surface area (Å²) in [6.45, 7) is 0.0897. The molecule has 0 aromatic carbocycles. The normalized spacial score (nSPS) is 13.2. The van der Waals surface area contributed by atoms with Gasteiger partial charge in [-0.15, -0.1) is 5.76 Å². The second kappa shape index (κ2) is 6.49. The predicted molar refractivity (Wildman–Crippen MR) is 41.6 cm³/mol. The van der Waals surface area contributed by atoms with Crippen LogP contribution in [-0.2, 0) is 0 Å². The minimum Gasteiger partial charge on any atom is -0.875 e. The maximum atomic E-state index is 11.2. The molecule has 0 spiro atoms.